The number of nitrogens with zero attached hydrogens (tertiary/aromatic N) is 1. The van der Waals surface area contributed by atoms with Crippen LogP contribution in [0.15, 0.2) is 89.2 Å². The van der Waals surface area contributed by atoms with Crippen LogP contribution in [-0.2, 0) is 11.2 Å². The Kier molecular flexibility index (Phi) is 7.30. The van der Waals surface area contributed by atoms with Crippen molar-refractivity contribution in [3.63, 3.8) is 0 Å². The number of carbonyl (C=O) groups excluding carboxylic acids is 1. The Morgan fingerprint density at radius 2 is 1.74 bits per heavy atom. The number of hydrogen-bond donors (Lipinski definition) is 3. The number of amides is 1. The third-order valence-electron chi connectivity index (χ3n) is 5.62. The van der Waals surface area contributed by atoms with Gasteiger partial charge in [0.15, 0.2) is 0 Å². The largest absolute Gasteiger partial charge is 0.383 e. The Morgan fingerprint density at radius 1 is 0.941 bits per heavy atom. The first kappa shape index (κ1) is 23.5. The second-order valence-corrected chi connectivity index (χ2v) is 8.92. The predicted octanol–water partition coefficient (Wildman–Crippen LogP) is 6.80. The molecule has 0 aliphatic carbocycles. The Bertz CT molecular complexity index is 1440. The lowest BCUT2D eigenvalue weighted by atomic mass is 10.1. The van der Waals surface area contributed by atoms with E-state index in [-0.39, 0.29) is 18.3 Å². The molecule has 1 amide bonds. The first-order chi connectivity index (χ1) is 16.2. The van der Waals surface area contributed by atoms with Gasteiger partial charge in [0.25, 0.3) is 0 Å². The number of hydrogen-bond acceptors (Lipinski definition) is 3. The summed E-state index contributed by atoms with van der Waals surface area (Å²) in [5.41, 5.74) is 11.0. The Labute approximate surface area is 208 Å². The summed E-state index contributed by atoms with van der Waals surface area (Å²) in [6.45, 7) is 0. The van der Waals surface area contributed by atoms with Crippen molar-refractivity contribution in [2.24, 2.45) is 10.7 Å². The number of rotatable bonds is 7. The molecule has 5 aromatic rings. The molecule has 34 heavy (non-hydrogen) atoms. The summed E-state index contributed by atoms with van der Waals surface area (Å²) in [7, 11) is 0. The van der Waals surface area contributed by atoms with E-state index in [1.54, 1.807) is 11.3 Å². The molecule has 0 saturated heterocycles. The summed E-state index contributed by atoms with van der Waals surface area (Å²) >= 11 is 1.57. The van der Waals surface area contributed by atoms with Gasteiger partial charge < -0.3 is 16.0 Å². The number of aryl methyl sites for hydroxylation is 1. The van der Waals surface area contributed by atoms with Gasteiger partial charge in [-0.1, -0.05) is 36.4 Å². The van der Waals surface area contributed by atoms with Gasteiger partial charge in [0.05, 0.1) is 10.6 Å². The summed E-state index contributed by atoms with van der Waals surface area (Å²) in [5.74, 6) is 0.555. The second-order valence-electron chi connectivity index (χ2n) is 7.97. The first-order valence-corrected chi connectivity index (χ1v) is 11.8. The van der Waals surface area contributed by atoms with Crippen LogP contribution in [0.1, 0.15) is 23.3 Å². The number of aromatic nitrogens is 1. The zero-order valence-corrected chi connectivity index (χ0v) is 20.1. The number of para-hydroxylation sites is 1. The average molecular weight is 489 g/mol. The van der Waals surface area contributed by atoms with Crippen molar-refractivity contribution < 1.29 is 4.79 Å². The van der Waals surface area contributed by atoms with Gasteiger partial charge in [0, 0.05) is 33.9 Å². The maximum absolute atomic E-state index is 12.5. The van der Waals surface area contributed by atoms with E-state index in [0.717, 1.165) is 50.9 Å². The fourth-order valence-corrected chi connectivity index (χ4v) is 4.59. The van der Waals surface area contributed by atoms with Crippen LogP contribution in [-0.4, -0.2) is 16.7 Å². The van der Waals surface area contributed by atoms with E-state index >= 15 is 0 Å². The molecule has 0 spiro atoms. The molecule has 5 rings (SSSR count). The Hall–Kier alpha value is -3.61. The maximum atomic E-state index is 12.5. The van der Waals surface area contributed by atoms with Crippen LogP contribution in [0.25, 0.3) is 21.8 Å². The molecule has 7 heteroatoms. The monoisotopic (exact) mass is 488 g/mol. The van der Waals surface area contributed by atoms with Gasteiger partial charge in [-0.05, 0) is 66.2 Å². The number of aliphatic imine (C=N–C) groups is 1. The van der Waals surface area contributed by atoms with Gasteiger partial charge in [-0.2, -0.15) is 0 Å². The average Bonchev–Trinajstić information content (AvgIpc) is 3.48. The lowest BCUT2D eigenvalue weighted by Gasteiger charge is -2.06. The fourth-order valence-electron chi connectivity index (χ4n) is 3.96. The molecule has 0 radical (unpaired) electrons. The van der Waals surface area contributed by atoms with Crippen molar-refractivity contribution in [3.05, 3.63) is 94.7 Å². The number of aromatic amines is 1. The molecule has 0 bridgehead atoms. The predicted molar refractivity (Wildman–Crippen MR) is 146 cm³/mol. The number of benzene rings is 3. The quantitative estimate of drug-likeness (QED) is 0.174. The number of nitrogens with one attached hydrogen (secondary N) is 2. The number of carbonyl (C=O) groups is 1. The van der Waals surface area contributed by atoms with Crippen LogP contribution in [0.3, 0.4) is 0 Å². The summed E-state index contributed by atoms with van der Waals surface area (Å²) in [6.07, 6.45) is 2.08. The van der Waals surface area contributed by atoms with Crippen molar-refractivity contribution in [3.8, 4) is 0 Å². The zero-order valence-electron chi connectivity index (χ0n) is 18.5. The van der Waals surface area contributed by atoms with Gasteiger partial charge in [0.2, 0.25) is 5.91 Å². The molecular weight excluding hydrogens is 464 g/mol. The smallest absolute Gasteiger partial charge is 0.224 e. The highest BCUT2D eigenvalue weighted by Gasteiger charge is 2.07. The molecule has 0 unspecified atom stereocenters. The van der Waals surface area contributed by atoms with Crippen LogP contribution < -0.4 is 11.1 Å². The lowest BCUT2D eigenvalue weighted by Crippen LogP contribution is -2.11. The van der Waals surface area contributed by atoms with E-state index in [4.69, 9.17) is 5.73 Å². The molecule has 3 aromatic carbocycles. The van der Waals surface area contributed by atoms with Gasteiger partial charge in [-0.15, -0.1) is 23.7 Å². The number of amidine groups is 1. The van der Waals surface area contributed by atoms with Crippen LogP contribution in [0, 0.1) is 0 Å². The Balaban J connectivity index is 0.00000274. The van der Waals surface area contributed by atoms with E-state index in [0.29, 0.717) is 12.3 Å². The van der Waals surface area contributed by atoms with Gasteiger partial charge >= 0.3 is 0 Å². The van der Waals surface area contributed by atoms with Gasteiger partial charge in [-0.3, -0.25) is 4.79 Å². The summed E-state index contributed by atoms with van der Waals surface area (Å²) in [6, 6.07) is 26.1. The number of anilines is 1. The van der Waals surface area contributed by atoms with Crippen molar-refractivity contribution in [1.29, 1.82) is 0 Å². The molecule has 0 saturated carbocycles. The summed E-state index contributed by atoms with van der Waals surface area (Å²) < 4.78 is 0. The number of H-pyrrole nitrogens is 1. The normalized spacial score (nSPS) is 11.5. The highest BCUT2D eigenvalue weighted by molar-refractivity contribution is 7.12. The molecule has 2 aromatic heterocycles. The Morgan fingerprint density at radius 3 is 2.53 bits per heavy atom. The highest BCUT2D eigenvalue weighted by Crippen LogP contribution is 2.27. The molecule has 172 valence electrons. The molecule has 5 nitrogen and oxygen atoms in total. The molecule has 0 fully saturated rings. The molecule has 0 aliphatic rings. The topological polar surface area (TPSA) is 83.3 Å². The number of nitrogens with two attached hydrogens (primary N) is 1. The molecule has 0 atom stereocenters. The van der Waals surface area contributed by atoms with E-state index in [1.165, 1.54) is 5.56 Å². The third kappa shape index (κ3) is 5.30. The number of fused-ring (bicyclic) bond motifs is 3. The second kappa shape index (κ2) is 10.5. The minimum absolute atomic E-state index is 0. The number of halogens is 1. The van der Waals surface area contributed by atoms with Crippen LogP contribution in [0.4, 0.5) is 11.4 Å². The van der Waals surface area contributed by atoms with E-state index in [1.807, 2.05) is 72.1 Å². The molecular formula is C27H25ClN4OS. The van der Waals surface area contributed by atoms with Crippen molar-refractivity contribution >= 4 is 68.7 Å². The minimum atomic E-state index is 0. The summed E-state index contributed by atoms with van der Waals surface area (Å²) in [5, 5.41) is 7.30. The van der Waals surface area contributed by atoms with Crippen molar-refractivity contribution in [1.82, 2.24) is 4.98 Å². The van der Waals surface area contributed by atoms with E-state index in [2.05, 4.69) is 27.4 Å². The lowest BCUT2D eigenvalue weighted by molar-refractivity contribution is -0.116. The van der Waals surface area contributed by atoms with E-state index < -0.39 is 0 Å². The summed E-state index contributed by atoms with van der Waals surface area (Å²) in [4.78, 5) is 21.3. The van der Waals surface area contributed by atoms with Gasteiger partial charge in [-0.25, -0.2) is 4.99 Å². The molecule has 2 heterocycles. The van der Waals surface area contributed by atoms with Crippen molar-refractivity contribution in [2.75, 3.05) is 5.32 Å². The van der Waals surface area contributed by atoms with Crippen LogP contribution in [0.2, 0.25) is 0 Å². The maximum Gasteiger partial charge on any atom is 0.224 e. The third-order valence-corrected chi connectivity index (χ3v) is 6.51. The number of thiophene rings is 1. The van der Waals surface area contributed by atoms with E-state index in [9.17, 15) is 4.79 Å². The van der Waals surface area contributed by atoms with Crippen molar-refractivity contribution in [2.45, 2.75) is 19.3 Å². The highest BCUT2D eigenvalue weighted by atomic mass is 35.5. The SMILES string of the molecule is Cl.NC(=Nc1ccc(CCCC(=O)Nc2ccc3[nH]c4ccccc4c3c2)cc1)c1cccs1. The first-order valence-electron chi connectivity index (χ1n) is 10.9. The minimum Gasteiger partial charge on any atom is -0.383 e. The fraction of sp³-hybridized carbons (Fsp3) is 0.111. The van der Waals surface area contributed by atoms with Crippen LogP contribution >= 0.6 is 23.7 Å². The zero-order chi connectivity index (χ0) is 22.6. The molecule has 0 aliphatic heterocycles. The molecule has 4 N–H and O–H groups in total. The standard InChI is InChI=1S/C27H24N4OS.ClH/c28-27(25-8-4-16-33-25)30-19-12-10-18(11-13-19)5-3-9-26(32)29-20-14-15-24-22(17-20)21-6-1-2-7-23(21)31-24;/h1-2,4,6-8,10-17,31H,3,5,9H2,(H2,28,30)(H,29,32);1H. The van der Waals surface area contributed by atoms with Crippen LogP contribution in [0.5, 0.6) is 0 Å². The van der Waals surface area contributed by atoms with Gasteiger partial charge in [0.1, 0.15) is 5.84 Å².